The van der Waals surface area contributed by atoms with Crippen molar-refractivity contribution in [3.63, 3.8) is 0 Å². The molecular weight excluding hydrogens is 273 g/mol. The molecule has 19 heavy (non-hydrogen) atoms. The van der Waals surface area contributed by atoms with E-state index >= 15 is 0 Å². The van der Waals surface area contributed by atoms with E-state index in [9.17, 15) is 13.2 Å². The van der Waals surface area contributed by atoms with Gasteiger partial charge in [-0.25, -0.2) is 0 Å². The molecule has 1 aromatic rings. The summed E-state index contributed by atoms with van der Waals surface area (Å²) in [6.07, 6.45) is -3.01. The fourth-order valence-corrected chi connectivity index (χ4v) is 2.70. The molecule has 0 amide bonds. The molecule has 0 saturated carbocycles. The number of rotatable bonds is 1. The highest BCUT2D eigenvalue weighted by atomic mass is 32.1. The monoisotopic (exact) mass is 288 g/mol. The lowest BCUT2D eigenvalue weighted by molar-refractivity contribution is -0.138. The van der Waals surface area contributed by atoms with Gasteiger partial charge < -0.3 is 10.6 Å². The van der Waals surface area contributed by atoms with Crippen LogP contribution >= 0.6 is 12.2 Å². The lowest BCUT2D eigenvalue weighted by Gasteiger charge is -2.33. The van der Waals surface area contributed by atoms with Gasteiger partial charge in [-0.2, -0.15) is 13.2 Å². The van der Waals surface area contributed by atoms with E-state index in [0.717, 1.165) is 6.07 Å². The molecule has 0 radical (unpaired) electrons. The predicted octanol–water partition coefficient (Wildman–Crippen LogP) is 3.13. The van der Waals surface area contributed by atoms with Gasteiger partial charge in [0.05, 0.1) is 5.56 Å². The van der Waals surface area contributed by atoms with Crippen molar-refractivity contribution in [3.8, 4) is 0 Å². The van der Waals surface area contributed by atoms with Gasteiger partial charge in [0.25, 0.3) is 0 Å². The number of piperidine rings is 1. The Morgan fingerprint density at radius 1 is 1.21 bits per heavy atom. The van der Waals surface area contributed by atoms with Gasteiger partial charge in [0.15, 0.2) is 5.11 Å². The molecule has 0 atom stereocenters. The van der Waals surface area contributed by atoms with Crippen molar-refractivity contribution in [1.29, 1.82) is 0 Å². The average molecular weight is 288 g/mol. The first-order valence-electron chi connectivity index (χ1n) is 6.10. The molecule has 0 spiro atoms. The molecule has 1 saturated heterocycles. The standard InChI is InChI=1S/C13H15F3N2S/c14-13(15,16)11-4-2-1-3-10(11)9-5-7-18(8-6-9)12(17)19/h1-4,9H,5-8H2,(H2,17,19). The Balaban J connectivity index is 2.18. The van der Waals surface area contributed by atoms with Crippen LogP contribution in [0.2, 0.25) is 0 Å². The number of hydrogen-bond acceptors (Lipinski definition) is 1. The largest absolute Gasteiger partial charge is 0.416 e. The van der Waals surface area contributed by atoms with Crippen molar-refractivity contribution in [2.75, 3.05) is 13.1 Å². The van der Waals surface area contributed by atoms with Crippen LogP contribution in [0.1, 0.15) is 29.9 Å². The molecule has 6 heteroatoms. The molecule has 0 unspecified atom stereocenters. The van der Waals surface area contributed by atoms with Crippen LogP contribution in [0.5, 0.6) is 0 Å². The van der Waals surface area contributed by atoms with Gasteiger partial charge >= 0.3 is 6.18 Å². The molecular formula is C13H15F3N2S. The van der Waals surface area contributed by atoms with Crippen molar-refractivity contribution in [3.05, 3.63) is 35.4 Å². The van der Waals surface area contributed by atoms with Crippen LogP contribution in [0.15, 0.2) is 24.3 Å². The van der Waals surface area contributed by atoms with Gasteiger partial charge in [-0.3, -0.25) is 0 Å². The Labute approximate surface area is 115 Å². The first-order chi connectivity index (χ1) is 8.89. The van der Waals surface area contributed by atoms with Crippen molar-refractivity contribution < 1.29 is 13.2 Å². The van der Waals surface area contributed by atoms with Gasteiger partial charge in [0, 0.05) is 13.1 Å². The second-order valence-electron chi connectivity index (χ2n) is 4.68. The van der Waals surface area contributed by atoms with Crippen LogP contribution in [0.3, 0.4) is 0 Å². The lowest BCUT2D eigenvalue weighted by Crippen LogP contribution is -2.41. The van der Waals surface area contributed by atoms with Crippen LogP contribution in [0, 0.1) is 0 Å². The zero-order valence-corrected chi connectivity index (χ0v) is 11.1. The number of thiocarbonyl (C=S) groups is 1. The molecule has 1 aliphatic heterocycles. The van der Waals surface area contributed by atoms with E-state index < -0.39 is 11.7 Å². The summed E-state index contributed by atoms with van der Waals surface area (Å²) in [7, 11) is 0. The molecule has 104 valence electrons. The van der Waals surface area contributed by atoms with E-state index in [4.69, 9.17) is 18.0 Å². The van der Waals surface area contributed by atoms with E-state index in [1.54, 1.807) is 12.1 Å². The normalized spacial score (nSPS) is 17.5. The van der Waals surface area contributed by atoms with Crippen LogP contribution in [-0.2, 0) is 6.18 Å². The summed E-state index contributed by atoms with van der Waals surface area (Å²) in [5.41, 5.74) is 5.39. The Kier molecular flexibility index (Phi) is 3.99. The van der Waals surface area contributed by atoms with Crippen molar-refractivity contribution >= 4 is 17.3 Å². The number of likely N-dealkylation sites (tertiary alicyclic amines) is 1. The highest BCUT2D eigenvalue weighted by Gasteiger charge is 2.35. The maximum absolute atomic E-state index is 13.0. The maximum atomic E-state index is 13.0. The Morgan fingerprint density at radius 3 is 2.32 bits per heavy atom. The third-order valence-electron chi connectivity index (χ3n) is 3.51. The van der Waals surface area contributed by atoms with Crippen LogP contribution < -0.4 is 5.73 Å². The summed E-state index contributed by atoms with van der Waals surface area (Å²) in [6.45, 7) is 1.23. The second-order valence-corrected chi connectivity index (χ2v) is 5.10. The van der Waals surface area contributed by atoms with E-state index in [1.165, 1.54) is 6.07 Å². The molecule has 1 aromatic carbocycles. The predicted molar refractivity (Wildman–Crippen MR) is 71.8 cm³/mol. The molecule has 1 heterocycles. The van der Waals surface area contributed by atoms with E-state index in [-0.39, 0.29) is 5.92 Å². The first-order valence-corrected chi connectivity index (χ1v) is 6.51. The Hall–Kier alpha value is -1.30. The Morgan fingerprint density at radius 2 is 1.79 bits per heavy atom. The van der Waals surface area contributed by atoms with Crippen LogP contribution in [0.4, 0.5) is 13.2 Å². The summed E-state index contributed by atoms with van der Waals surface area (Å²) in [5, 5.41) is 0.322. The summed E-state index contributed by atoms with van der Waals surface area (Å²) in [4.78, 5) is 1.84. The molecule has 2 rings (SSSR count). The Bertz CT molecular complexity index is 465. The number of halogens is 3. The number of nitrogens with two attached hydrogens (primary N) is 1. The topological polar surface area (TPSA) is 29.3 Å². The summed E-state index contributed by atoms with van der Waals surface area (Å²) >= 11 is 4.88. The first kappa shape index (κ1) is 14.1. The molecule has 2 nitrogen and oxygen atoms in total. The van der Waals surface area contributed by atoms with Gasteiger partial charge in [-0.15, -0.1) is 0 Å². The number of hydrogen-bond donors (Lipinski definition) is 1. The smallest absolute Gasteiger partial charge is 0.376 e. The fourth-order valence-electron chi connectivity index (χ4n) is 2.52. The third kappa shape index (κ3) is 3.18. The maximum Gasteiger partial charge on any atom is 0.416 e. The van der Waals surface area contributed by atoms with Crippen molar-refractivity contribution in [2.24, 2.45) is 5.73 Å². The minimum Gasteiger partial charge on any atom is -0.376 e. The molecule has 2 N–H and O–H groups in total. The zero-order valence-electron chi connectivity index (χ0n) is 10.3. The number of benzene rings is 1. The second kappa shape index (κ2) is 5.36. The lowest BCUT2D eigenvalue weighted by atomic mass is 9.86. The molecule has 1 fully saturated rings. The fraction of sp³-hybridized carbons (Fsp3) is 0.462. The van der Waals surface area contributed by atoms with Gasteiger partial charge in [-0.05, 0) is 42.6 Å². The SMILES string of the molecule is NC(=S)N1CCC(c2ccccc2C(F)(F)F)CC1. The molecule has 0 bridgehead atoms. The third-order valence-corrected chi connectivity index (χ3v) is 3.77. The van der Waals surface area contributed by atoms with Crippen molar-refractivity contribution in [1.82, 2.24) is 4.90 Å². The van der Waals surface area contributed by atoms with E-state index in [1.807, 2.05) is 4.90 Å². The highest BCUT2D eigenvalue weighted by molar-refractivity contribution is 7.80. The number of nitrogens with zero attached hydrogens (tertiary/aromatic N) is 1. The summed E-state index contributed by atoms with van der Waals surface area (Å²) in [5.74, 6) is -0.0802. The van der Waals surface area contributed by atoms with E-state index in [2.05, 4.69) is 0 Å². The van der Waals surface area contributed by atoms with Crippen LogP contribution in [0.25, 0.3) is 0 Å². The van der Waals surface area contributed by atoms with Crippen molar-refractivity contribution in [2.45, 2.75) is 24.9 Å². The van der Waals surface area contributed by atoms with E-state index in [0.29, 0.717) is 36.6 Å². The summed E-state index contributed by atoms with van der Waals surface area (Å²) in [6, 6.07) is 5.81. The number of alkyl halides is 3. The molecule has 1 aliphatic rings. The highest BCUT2D eigenvalue weighted by Crippen LogP contribution is 2.38. The quantitative estimate of drug-likeness (QED) is 0.805. The zero-order chi connectivity index (χ0) is 14.0. The molecule has 0 aromatic heterocycles. The minimum atomic E-state index is -4.29. The average Bonchev–Trinajstić information content (AvgIpc) is 2.38. The van der Waals surface area contributed by atoms with Gasteiger partial charge in [0.1, 0.15) is 0 Å². The summed E-state index contributed by atoms with van der Waals surface area (Å²) < 4.78 is 38.9. The van der Waals surface area contributed by atoms with Gasteiger partial charge in [0.2, 0.25) is 0 Å². The minimum absolute atomic E-state index is 0.0802. The molecule has 0 aliphatic carbocycles. The van der Waals surface area contributed by atoms with Gasteiger partial charge in [-0.1, -0.05) is 18.2 Å². The van der Waals surface area contributed by atoms with Crippen LogP contribution in [-0.4, -0.2) is 23.1 Å².